The zero-order chi connectivity index (χ0) is 30.9. The molecule has 0 aliphatic heterocycles. The second-order valence-electron chi connectivity index (χ2n) is 12.7. The Hall–Kier alpha value is -1.58. The molecular weight excluding hydrogens is 516 g/mol. The fraction of sp³-hybridized carbons (Fsp3) is 0.842. The topological polar surface area (TPSA) is 72.2 Å². The highest BCUT2D eigenvalue weighted by molar-refractivity contribution is 5.80. The summed E-state index contributed by atoms with van der Waals surface area (Å²) in [6, 6.07) is -0.192. The molecule has 0 aliphatic carbocycles. The van der Waals surface area contributed by atoms with Gasteiger partial charge in [0.05, 0.1) is 5.92 Å². The molecule has 0 rings (SSSR count). The first-order valence-electron chi connectivity index (χ1n) is 18.4. The molecule has 0 fully saturated rings. The van der Waals surface area contributed by atoms with E-state index in [1.807, 2.05) is 6.92 Å². The Morgan fingerprint density at radius 3 is 1.31 bits per heavy atom. The van der Waals surface area contributed by atoms with Gasteiger partial charge in [-0.25, -0.2) is 0 Å². The van der Waals surface area contributed by atoms with E-state index in [0.717, 1.165) is 38.5 Å². The molecule has 4 nitrogen and oxygen atoms in total. The zero-order valence-corrected chi connectivity index (χ0v) is 28.4. The Morgan fingerprint density at radius 2 is 0.905 bits per heavy atom. The van der Waals surface area contributed by atoms with Gasteiger partial charge >= 0.3 is 0 Å². The van der Waals surface area contributed by atoms with Gasteiger partial charge in [-0.15, -0.1) is 0 Å². The standard InChI is InChI=1S/C38H72N2O2/c1-4-6-8-10-12-14-16-18-20-22-24-26-28-30-32-34-37(41)40-35(3)36(38(39)42)33-31-29-27-25-23-21-19-17-15-13-11-9-7-5-2/h18-21,35-36H,4-17,22-34H2,1-3H3,(H2,39,42)(H,40,41)/b20-18-,21-19-. The Labute approximate surface area is 262 Å². The molecule has 0 spiro atoms. The van der Waals surface area contributed by atoms with Crippen LogP contribution in [0.3, 0.4) is 0 Å². The van der Waals surface area contributed by atoms with Crippen molar-refractivity contribution in [2.24, 2.45) is 11.7 Å². The maximum Gasteiger partial charge on any atom is 0.222 e. The summed E-state index contributed by atoms with van der Waals surface area (Å²) >= 11 is 0. The molecule has 0 saturated heterocycles. The van der Waals surface area contributed by atoms with Crippen LogP contribution in [0.1, 0.15) is 194 Å². The Balaban J connectivity index is 3.74. The average molecular weight is 589 g/mol. The fourth-order valence-electron chi connectivity index (χ4n) is 5.68. The lowest BCUT2D eigenvalue weighted by molar-refractivity contribution is -0.125. The predicted molar refractivity (Wildman–Crippen MR) is 185 cm³/mol. The highest BCUT2D eigenvalue weighted by atomic mass is 16.2. The molecule has 0 aliphatic rings. The van der Waals surface area contributed by atoms with Gasteiger partial charge in [-0.3, -0.25) is 9.59 Å². The summed E-state index contributed by atoms with van der Waals surface area (Å²) in [5.41, 5.74) is 5.70. The first-order valence-corrected chi connectivity index (χ1v) is 18.4. The molecule has 0 aromatic carbocycles. The van der Waals surface area contributed by atoms with E-state index in [1.54, 1.807) is 0 Å². The number of allylic oxidation sites excluding steroid dienone is 4. The highest BCUT2D eigenvalue weighted by Gasteiger charge is 2.23. The fourth-order valence-corrected chi connectivity index (χ4v) is 5.68. The summed E-state index contributed by atoms with van der Waals surface area (Å²) in [5, 5.41) is 3.05. The van der Waals surface area contributed by atoms with Gasteiger partial charge in [0.25, 0.3) is 0 Å². The number of unbranched alkanes of at least 4 members (excludes halogenated alkanes) is 21. The molecule has 42 heavy (non-hydrogen) atoms. The number of hydrogen-bond acceptors (Lipinski definition) is 2. The van der Waals surface area contributed by atoms with Gasteiger partial charge in [0.2, 0.25) is 11.8 Å². The van der Waals surface area contributed by atoms with Crippen LogP contribution in [0.25, 0.3) is 0 Å². The Kier molecular flexibility index (Phi) is 31.1. The zero-order valence-electron chi connectivity index (χ0n) is 28.4. The van der Waals surface area contributed by atoms with Crippen LogP contribution in [0, 0.1) is 5.92 Å². The minimum absolute atomic E-state index is 0.0547. The summed E-state index contributed by atoms with van der Waals surface area (Å²) in [4.78, 5) is 24.5. The third-order valence-corrected chi connectivity index (χ3v) is 8.55. The van der Waals surface area contributed by atoms with Gasteiger partial charge in [-0.1, -0.05) is 141 Å². The van der Waals surface area contributed by atoms with E-state index in [-0.39, 0.29) is 23.8 Å². The summed E-state index contributed by atoms with van der Waals surface area (Å²) in [6.07, 6.45) is 42.0. The molecule has 4 heteroatoms. The highest BCUT2D eigenvalue weighted by Crippen LogP contribution is 2.16. The lowest BCUT2D eigenvalue weighted by Gasteiger charge is -2.22. The monoisotopic (exact) mass is 589 g/mol. The third kappa shape index (κ3) is 28.5. The van der Waals surface area contributed by atoms with Crippen molar-refractivity contribution in [1.82, 2.24) is 5.32 Å². The summed E-state index contributed by atoms with van der Waals surface area (Å²) in [5.74, 6) is -0.513. The minimum Gasteiger partial charge on any atom is -0.369 e. The van der Waals surface area contributed by atoms with E-state index in [0.29, 0.717) is 6.42 Å². The van der Waals surface area contributed by atoms with Crippen LogP contribution in [0.4, 0.5) is 0 Å². The van der Waals surface area contributed by atoms with Crippen molar-refractivity contribution in [3.63, 3.8) is 0 Å². The second-order valence-corrected chi connectivity index (χ2v) is 12.7. The lowest BCUT2D eigenvalue weighted by atomic mass is 9.93. The van der Waals surface area contributed by atoms with Crippen LogP contribution in [0.5, 0.6) is 0 Å². The number of carbonyl (C=O) groups is 2. The molecular formula is C38H72N2O2. The molecule has 2 atom stereocenters. The summed E-state index contributed by atoms with van der Waals surface area (Å²) in [7, 11) is 0. The van der Waals surface area contributed by atoms with Crippen molar-refractivity contribution >= 4 is 11.8 Å². The van der Waals surface area contributed by atoms with Crippen LogP contribution in [0.15, 0.2) is 24.3 Å². The molecule has 0 heterocycles. The predicted octanol–water partition coefficient (Wildman–Crippen LogP) is 11.3. The molecule has 246 valence electrons. The smallest absolute Gasteiger partial charge is 0.222 e. The molecule has 2 amide bonds. The molecule has 0 bridgehead atoms. The third-order valence-electron chi connectivity index (χ3n) is 8.55. The number of primary amides is 1. The van der Waals surface area contributed by atoms with E-state index in [4.69, 9.17) is 5.73 Å². The maximum absolute atomic E-state index is 12.4. The van der Waals surface area contributed by atoms with Gasteiger partial charge in [0.1, 0.15) is 0 Å². The van der Waals surface area contributed by atoms with Gasteiger partial charge in [-0.05, 0) is 71.1 Å². The lowest BCUT2D eigenvalue weighted by Crippen LogP contribution is -2.43. The van der Waals surface area contributed by atoms with E-state index in [9.17, 15) is 9.59 Å². The molecule has 3 N–H and O–H groups in total. The van der Waals surface area contributed by atoms with Crippen molar-refractivity contribution in [2.75, 3.05) is 0 Å². The molecule has 0 radical (unpaired) electrons. The van der Waals surface area contributed by atoms with Crippen LogP contribution in [-0.2, 0) is 9.59 Å². The second kappa shape index (κ2) is 32.3. The maximum atomic E-state index is 12.4. The van der Waals surface area contributed by atoms with E-state index in [2.05, 4.69) is 43.5 Å². The normalized spacial score (nSPS) is 13.2. The van der Waals surface area contributed by atoms with E-state index < -0.39 is 0 Å². The number of hydrogen-bond donors (Lipinski definition) is 2. The first-order chi connectivity index (χ1) is 20.5. The first kappa shape index (κ1) is 40.4. The summed E-state index contributed by atoms with van der Waals surface area (Å²) < 4.78 is 0. The van der Waals surface area contributed by atoms with Crippen LogP contribution in [0.2, 0.25) is 0 Å². The van der Waals surface area contributed by atoms with Crippen molar-refractivity contribution in [3.8, 4) is 0 Å². The summed E-state index contributed by atoms with van der Waals surface area (Å²) in [6.45, 7) is 6.46. The van der Waals surface area contributed by atoms with Gasteiger partial charge < -0.3 is 11.1 Å². The van der Waals surface area contributed by atoms with Crippen molar-refractivity contribution in [1.29, 1.82) is 0 Å². The molecule has 0 aromatic heterocycles. The number of nitrogens with one attached hydrogen (secondary N) is 1. The number of amides is 2. The quantitative estimate of drug-likeness (QED) is 0.0606. The Bertz CT molecular complexity index is 657. The van der Waals surface area contributed by atoms with Gasteiger partial charge in [0.15, 0.2) is 0 Å². The average Bonchev–Trinajstić information content (AvgIpc) is 2.96. The van der Waals surface area contributed by atoms with Crippen molar-refractivity contribution < 1.29 is 9.59 Å². The number of nitrogens with two attached hydrogens (primary N) is 1. The Morgan fingerprint density at radius 1 is 0.548 bits per heavy atom. The SMILES string of the molecule is CCCCCCCC/C=C\CCCCCCCC(=O)NC(C)C(CCCCCC/C=C\CCCCCCCC)C(N)=O. The molecule has 0 saturated carbocycles. The minimum atomic E-state index is -0.290. The van der Waals surface area contributed by atoms with Crippen LogP contribution < -0.4 is 11.1 Å². The number of rotatable bonds is 32. The molecule has 0 aromatic rings. The van der Waals surface area contributed by atoms with E-state index >= 15 is 0 Å². The van der Waals surface area contributed by atoms with Crippen molar-refractivity contribution in [3.05, 3.63) is 24.3 Å². The van der Waals surface area contributed by atoms with Gasteiger partial charge in [-0.2, -0.15) is 0 Å². The van der Waals surface area contributed by atoms with Crippen LogP contribution in [-0.4, -0.2) is 17.9 Å². The van der Waals surface area contributed by atoms with Gasteiger partial charge in [0, 0.05) is 12.5 Å². The van der Waals surface area contributed by atoms with E-state index in [1.165, 1.54) is 128 Å². The van der Waals surface area contributed by atoms with Crippen LogP contribution >= 0.6 is 0 Å². The number of carbonyl (C=O) groups excluding carboxylic acids is 2. The largest absolute Gasteiger partial charge is 0.369 e. The van der Waals surface area contributed by atoms with Crippen molar-refractivity contribution in [2.45, 2.75) is 200 Å². The molecule has 2 unspecified atom stereocenters.